The van der Waals surface area contributed by atoms with Crippen LogP contribution in [0, 0.1) is 0 Å². The van der Waals surface area contributed by atoms with Crippen LogP contribution in [0.15, 0.2) is 76.0 Å². The van der Waals surface area contributed by atoms with E-state index in [2.05, 4.69) is 5.32 Å². The van der Waals surface area contributed by atoms with Gasteiger partial charge in [-0.05, 0) is 55.8 Å². The standard InChI is InChI=1S/C22H23NO4S/c1-16(2)26-18-10-8-17(9-11-18)14-23-22(24)21-13-12-19(27-21)15-28(25)20-6-4-3-5-7-20/h3-13,16H,14-15H2,1-2H3,(H,23,24)/t28-/m0/s1. The predicted octanol–water partition coefficient (Wildman–Crippen LogP) is 4.30. The van der Waals surface area contributed by atoms with Gasteiger partial charge in [-0.25, -0.2) is 0 Å². The monoisotopic (exact) mass is 397 g/mol. The van der Waals surface area contributed by atoms with E-state index in [1.807, 2.05) is 68.4 Å². The van der Waals surface area contributed by atoms with Crippen LogP contribution in [0.3, 0.4) is 0 Å². The number of furan rings is 1. The number of nitrogens with one attached hydrogen (secondary N) is 1. The maximum absolute atomic E-state index is 12.3. The summed E-state index contributed by atoms with van der Waals surface area (Å²) in [4.78, 5) is 13.0. The second-order valence-electron chi connectivity index (χ2n) is 6.56. The van der Waals surface area contributed by atoms with Crippen LogP contribution >= 0.6 is 0 Å². The van der Waals surface area contributed by atoms with Gasteiger partial charge in [0, 0.05) is 11.4 Å². The molecule has 5 nitrogen and oxygen atoms in total. The van der Waals surface area contributed by atoms with Gasteiger partial charge in [0.15, 0.2) is 5.76 Å². The molecule has 3 aromatic rings. The summed E-state index contributed by atoms with van der Waals surface area (Å²) in [6, 6.07) is 20.1. The molecule has 0 aliphatic rings. The Balaban J connectivity index is 1.53. The molecule has 1 aromatic heterocycles. The molecule has 0 bridgehead atoms. The molecule has 0 saturated heterocycles. The molecule has 3 rings (SSSR count). The average Bonchev–Trinajstić information content (AvgIpc) is 3.16. The molecule has 0 unspecified atom stereocenters. The predicted molar refractivity (Wildman–Crippen MR) is 109 cm³/mol. The summed E-state index contributed by atoms with van der Waals surface area (Å²) in [5.41, 5.74) is 0.960. The van der Waals surface area contributed by atoms with Crippen molar-refractivity contribution in [2.75, 3.05) is 0 Å². The summed E-state index contributed by atoms with van der Waals surface area (Å²) in [6.45, 7) is 4.33. The fraction of sp³-hybridized carbons (Fsp3) is 0.227. The molecule has 0 spiro atoms. The molecule has 1 heterocycles. The molecule has 2 aromatic carbocycles. The van der Waals surface area contributed by atoms with Gasteiger partial charge in [-0.3, -0.25) is 9.00 Å². The summed E-state index contributed by atoms with van der Waals surface area (Å²) < 4.78 is 23.5. The minimum Gasteiger partial charge on any atom is -0.491 e. The number of hydrogen-bond acceptors (Lipinski definition) is 4. The second-order valence-corrected chi connectivity index (χ2v) is 8.01. The number of amides is 1. The lowest BCUT2D eigenvalue weighted by Gasteiger charge is -2.10. The van der Waals surface area contributed by atoms with E-state index in [-0.39, 0.29) is 23.5 Å². The highest BCUT2D eigenvalue weighted by Gasteiger charge is 2.13. The number of rotatable bonds is 8. The molecule has 1 N–H and O–H groups in total. The van der Waals surface area contributed by atoms with E-state index in [1.54, 1.807) is 12.1 Å². The van der Waals surface area contributed by atoms with E-state index in [0.29, 0.717) is 12.3 Å². The normalized spacial score (nSPS) is 12.0. The van der Waals surface area contributed by atoms with E-state index in [4.69, 9.17) is 9.15 Å². The lowest BCUT2D eigenvalue weighted by molar-refractivity contribution is 0.0921. The maximum Gasteiger partial charge on any atom is 0.287 e. The van der Waals surface area contributed by atoms with Gasteiger partial charge in [-0.2, -0.15) is 0 Å². The highest BCUT2D eigenvalue weighted by molar-refractivity contribution is 7.84. The molecule has 28 heavy (non-hydrogen) atoms. The average molecular weight is 397 g/mol. The first kappa shape index (κ1) is 19.9. The van der Waals surface area contributed by atoms with Crippen molar-refractivity contribution in [3.05, 3.63) is 83.8 Å². The molecular formula is C22H23NO4S. The SMILES string of the molecule is CC(C)Oc1ccc(CNC(=O)c2ccc(C[S@](=O)c3ccccc3)o2)cc1. The van der Waals surface area contributed by atoms with Crippen LogP contribution in [-0.2, 0) is 23.1 Å². The highest BCUT2D eigenvalue weighted by Crippen LogP contribution is 2.16. The smallest absolute Gasteiger partial charge is 0.287 e. The topological polar surface area (TPSA) is 68.5 Å². The first-order valence-electron chi connectivity index (χ1n) is 9.07. The summed E-state index contributed by atoms with van der Waals surface area (Å²) in [6.07, 6.45) is 0.120. The first-order valence-corrected chi connectivity index (χ1v) is 10.4. The Morgan fingerprint density at radius 1 is 1.04 bits per heavy atom. The zero-order valence-corrected chi connectivity index (χ0v) is 16.7. The molecule has 1 atom stereocenters. The van der Waals surface area contributed by atoms with Gasteiger partial charge >= 0.3 is 0 Å². The number of carbonyl (C=O) groups is 1. The van der Waals surface area contributed by atoms with Crippen LogP contribution in [0.5, 0.6) is 5.75 Å². The number of benzene rings is 2. The summed E-state index contributed by atoms with van der Waals surface area (Å²) >= 11 is 0. The Morgan fingerprint density at radius 2 is 1.75 bits per heavy atom. The first-order chi connectivity index (χ1) is 13.5. The molecule has 0 radical (unpaired) electrons. The minimum atomic E-state index is -1.21. The third kappa shape index (κ3) is 5.57. The lowest BCUT2D eigenvalue weighted by Crippen LogP contribution is -2.22. The van der Waals surface area contributed by atoms with Gasteiger partial charge in [0.2, 0.25) is 0 Å². The number of carbonyl (C=O) groups excluding carboxylic acids is 1. The molecular weight excluding hydrogens is 374 g/mol. The largest absolute Gasteiger partial charge is 0.491 e. The van der Waals surface area contributed by atoms with Gasteiger partial charge < -0.3 is 14.5 Å². The quantitative estimate of drug-likeness (QED) is 0.615. The van der Waals surface area contributed by atoms with Gasteiger partial charge in [0.05, 0.1) is 22.7 Å². The summed E-state index contributed by atoms with van der Waals surface area (Å²) in [7, 11) is -1.21. The number of hydrogen-bond donors (Lipinski definition) is 1. The molecule has 0 aliphatic heterocycles. The van der Waals surface area contributed by atoms with E-state index >= 15 is 0 Å². The zero-order valence-electron chi connectivity index (χ0n) is 15.9. The van der Waals surface area contributed by atoms with Crippen molar-refractivity contribution in [3.8, 4) is 5.75 Å². The van der Waals surface area contributed by atoms with E-state index in [1.165, 1.54) is 0 Å². The lowest BCUT2D eigenvalue weighted by atomic mass is 10.2. The third-order valence-corrected chi connectivity index (χ3v) is 5.26. The Kier molecular flexibility index (Phi) is 6.66. The Bertz CT molecular complexity index is 933. The van der Waals surface area contributed by atoms with E-state index < -0.39 is 10.8 Å². The molecule has 0 saturated carbocycles. The molecule has 0 aliphatic carbocycles. The fourth-order valence-electron chi connectivity index (χ4n) is 2.59. The van der Waals surface area contributed by atoms with Gasteiger partial charge in [0.25, 0.3) is 5.91 Å². The molecule has 1 amide bonds. The van der Waals surface area contributed by atoms with E-state index in [9.17, 15) is 9.00 Å². The summed E-state index contributed by atoms with van der Waals surface area (Å²) in [5.74, 6) is 1.45. The summed E-state index contributed by atoms with van der Waals surface area (Å²) in [5, 5.41) is 2.82. The van der Waals surface area contributed by atoms with Crippen LogP contribution in [0.4, 0.5) is 0 Å². The Labute approximate surface area is 167 Å². The van der Waals surface area contributed by atoms with Crippen LogP contribution < -0.4 is 10.1 Å². The van der Waals surface area contributed by atoms with Gasteiger partial charge in [-0.1, -0.05) is 30.3 Å². The third-order valence-electron chi connectivity index (χ3n) is 3.91. The minimum absolute atomic E-state index is 0.120. The fourth-order valence-corrected chi connectivity index (χ4v) is 3.63. The highest BCUT2D eigenvalue weighted by atomic mass is 32.2. The molecule has 146 valence electrons. The van der Waals surface area contributed by atoms with Crippen molar-refractivity contribution in [2.24, 2.45) is 0 Å². The molecule has 6 heteroatoms. The van der Waals surface area contributed by atoms with Crippen molar-refractivity contribution in [1.29, 1.82) is 0 Å². The van der Waals surface area contributed by atoms with Crippen LogP contribution in [0.2, 0.25) is 0 Å². The van der Waals surface area contributed by atoms with Crippen molar-refractivity contribution in [2.45, 2.75) is 37.1 Å². The Morgan fingerprint density at radius 3 is 2.43 bits per heavy atom. The van der Waals surface area contributed by atoms with Gasteiger partial charge in [-0.15, -0.1) is 0 Å². The second kappa shape index (κ2) is 9.37. The van der Waals surface area contributed by atoms with Crippen molar-refractivity contribution < 1.29 is 18.2 Å². The van der Waals surface area contributed by atoms with E-state index in [0.717, 1.165) is 16.2 Å². The van der Waals surface area contributed by atoms with Crippen molar-refractivity contribution >= 4 is 16.7 Å². The van der Waals surface area contributed by atoms with Crippen LogP contribution in [0.1, 0.15) is 35.7 Å². The molecule has 0 fully saturated rings. The van der Waals surface area contributed by atoms with Crippen LogP contribution in [0.25, 0.3) is 0 Å². The number of ether oxygens (including phenoxy) is 1. The van der Waals surface area contributed by atoms with Crippen molar-refractivity contribution in [3.63, 3.8) is 0 Å². The van der Waals surface area contributed by atoms with Crippen molar-refractivity contribution in [1.82, 2.24) is 5.32 Å². The zero-order chi connectivity index (χ0) is 19.9. The Hall–Kier alpha value is -2.86. The van der Waals surface area contributed by atoms with Crippen LogP contribution in [-0.4, -0.2) is 16.2 Å². The van der Waals surface area contributed by atoms with Gasteiger partial charge in [0.1, 0.15) is 11.5 Å². The maximum atomic E-state index is 12.3.